The van der Waals surface area contributed by atoms with E-state index >= 15 is 0 Å². The van der Waals surface area contributed by atoms with Crippen LogP contribution in [0.1, 0.15) is 5.56 Å². The third-order valence-electron chi connectivity index (χ3n) is 4.70. The van der Waals surface area contributed by atoms with Gasteiger partial charge in [0.25, 0.3) is 0 Å². The van der Waals surface area contributed by atoms with Crippen molar-refractivity contribution in [2.45, 2.75) is 0 Å². The Hall–Kier alpha value is -2.95. The molecule has 2 aliphatic heterocycles. The number of anilines is 1. The van der Waals surface area contributed by atoms with Crippen molar-refractivity contribution < 1.29 is 14.3 Å². The fourth-order valence-corrected chi connectivity index (χ4v) is 3.26. The van der Waals surface area contributed by atoms with E-state index in [9.17, 15) is 4.79 Å². The van der Waals surface area contributed by atoms with Crippen LogP contribution in [0.5, 0.6) is 11.5 Å². The maximum Gasteiger partial charge on any atom is 0.246 e. The molecule has 0 aromatic heterocycles. The summed E-state index contributed by atoms with van der Waals surface area (Å²) in [6, 6.07) is 16.1. The molecule has 1 saturated heterocycles. The Kier molecular flexibility index (Phi) is 4.78. The zero-order valence-electron chi connectivity index (χ0n) is 14.6. The minimum absolute atomic E-state index is 0.0487. The van der Waals surface area contributed by atoms with Gasteiger partial charge in [0.05, 0.1) is 0 Å². The number of para-hydroxylation sites is 1. The van der Waals surface area contributed by atoms with Crippen LogP contribution in [-0.4, -0.2) is 50.2 Å². The van der Waals surface area contributed by atoms with E-state index in [1.54, 1.807) is 6.08 Å². The van der Waals surface area contributed by atoms with E-state index in [0.29, 0.717) is 13.2 Å². The number of hydrogen-bond acceptors (Lipinski definition) is 4. The van der Waals surface area contributed by atoms with E-state index in [4.69, 9.17) is 9.47 Å². The molecule has 4 rings (SSSR count). The predicted molar refractivity (Wildman–Crippen MR) is 102 cm³/mol. The number of nitrogens with zero attached hydrogens (tertiary/aromatic N) is 2. The summed E-state index contributed by atoms with van der Waals surface area (Å²) in [6.07, 6.45) is 3.48. The maximum atomic E-state index is 12.5. The molecule has 0 bridgehead atoms. The molecular formula is C21H22N2O3. The van der Waals surface area contributed by atoms with Gasteiger partial charge in [0, 0.05) is 37.9 Å². The lowest BCUT2D eigenvalue weighted by Gasteiger charge is -2.35. The lowest BCUT2D eigenvalue weighted by Crippen LogP contribution is -2.48. The minimum Gasteiger partial charge on any atom is -0.486 e. The van der Waals surface area contributed by atoms with E-state index in [1.807, 2.05) is 47.4 Å². The van der Waals surface area contributed by atoms with E-state index in [1.165, 1.54) is 5.69 Å². The molecule has 0 saturated carbocycles. The van der Waals surface area contributed by atoms with Gasteiger partial charge in [-0.15, -0.1) is 0 Å². The van der Waals surface area contributed by atoms with Crippen LogP contribution in [-0.2, 0) is 4.79 Å². The number of hydrogen-bond donors (Lipinski definition) is 0. The second-order valence-corrected chi connectivity index (χ2v) is 6.38. The first kappa shape index (κ1) is 16.5. The number of ether oxygens (including phenoxy) is 2. The summed E-state index contributed by atoms with van der Waals surface area (Å²) in [5.74, 6) is 1.55. The number of amides is 1. The zero-order chi connectivity index (χ0) is 17.8. The smallest absolute Gasteiger partial charge is 0.246 e. The largest absolute Gasteiger partial charge is 0.486 e. The number of carbonyl (C=O) groups excluding carboxylic acids is 1. The summed E-state index contributed by atoms with van der Waals surface area (Å²) in [5.41, 5.74) is 2.15. The van der Waals surface area contributed by atoms with Crippen LogP contribution < -0.4 is 14.4 Å². The highest BCUT2D eigenvalue weighted by molar-refractivity contribution is 5.92. The molecule has 134 valence electrons. The molecule has 0 unspecified atom stereocenters. The molecule has 0 radical (unpaired) electrons. The van der Waals surface area contributed by atoms with Crippen LogP contribution in [0.25, 0.3) is 6.08 Å². The summed E-state index contributed by atoms with van der Waals surface area (Å²) < 4.78 is 11.1. The molecule has 2 aliphatic rings. The van der Waals surface area contributed by atoms with Gasteiger partial charge >= 0.3 is 0 Å². The average Bonchev–Trinajstić information content (AvgIpc) is 2.72. The van der Waals surface area contributed by atoms with Crippen LogP contribution in [0.4, 0.5) is 5.69 Å². The summed E-state index contributed by atoms with van der Waals surface area (Å²) in [5, 5.41) is 0. The molecule has 2 aromatic rings. The van der Waals surface area contributed by atoms with Gasteiger partial charge in [0.15, 0.2) is 11.5 Å². The van der Waals surface area contributed by atoms with Crippen LogP contribution in [0, 0.1) is 0 Å². The Morgan fingerprint density at radius 1 is 0.885 bits per heavy atom. The highest BCUT2D eigenvalue weighted by Crippen LogP contribution is 2.31. The quantitative estimate of drug-likeness (QED) is 0.799. The van der Waals surface area contributed by atoms with Gasteiger partial charge < -0.3 is 19.3 Å². The summed E-state index contributed by atoms with van der Waals surface area (Å²) >= 11 is 0. The summed E-state index contributed by atoms with van der Waals surface area (Å²) in [6.45, 7) is 4.32. The van der Waals surface area contributed by atoms with Gasteiger partial charge in [-0.2, -0.15) is 0 Å². The number of fused-ring (bicyclic) bond motifs is 1. The lowest BCUT2D eigenvalue weighted by molar-refractivity contribution is -0.126. The first-order valence-electron chi connectivity index (χ1n) is 8.96. The van der Waals surface area contributed by atoms with Gasteiger partial charge in [0.2, 0.25) is 5.91 Å². The van der Waals surface area contributed by atoms with Gasteiger partial charge in [0.1, 0.15) is 13.2 Å². The zero-order valence-corrected chi connectivity index (χ0v) is 14.6. The van der Waals surface area contributed by atoms with Crippen molar-refractivity contribution in [3.8, 4) is 11.5 Å². The maximum absolute atomic E-state index is 12.5. The van der Waals surface area contributed by atoms with Gasteiger partial charge in [-0.3, -0.25) is 4.79 Å². The van der Waals surface area contributed by atoms with Gasteiger partial charge in [-0.05, 0) is 35.9 Å². The first-order valence-corrected chi connectivity index (χ1v) is 8.96. The van der Waals surface area contributed by atoms with Crippen molar-refractivity contribution in [1.29, 1.82) is 0 Å². The summed E-state index contributed by atoms with van der Waals surface area (Å²) in [4.78, 5) is 16.7. The number of rotatable bonds is 3. The van der Waals surface area contributed by atoms with Crippen LogP contribution in [0.2, 0.25) is 0 Å². The van der Waals surface area contributed by atoms with Crippen molar-refractivity contribution >= 4 is 17.7 Å². The van der Waals surface area contributed by atoms with Crippen LogP contribution in [0.3, 0.4) is 0 Å². The highest BCUT2D eigenvalue weighted by Gasteiger charge is 2.19. The minimum atomic E-state index is 0.0487. The molecule has 5 nitrogen and oxygen atoms in total. The molecule has 0 atom stereocenters. The van der Waals surface area contributed by atoms with E-state index in [2.05, 4.69) is 17.0 Å². The van der Waals surface area contributed by atoms with Crippen LogP contribution >= 0.6 is 0 Å². The standard InChI is InChI=1S/C21H22N2O3/c24-21(9-7-17-6-8-19-20(16-17)26-15-14-25-19)23-12-10-22(11-13-23)18-4-2-1-3-5-18/h1-9,16H,10-15H2/b9-7+. The van der Waals surface area contributed by atoms with Crippen molar-refractivity contribution in [3.05, 3.63) is 60.2 Å². The Bertz CT molecular complexity index is 796. The molecule has 0 N–H and O–H groups in total. The third-order valence-corrected chi connectivity index (χ3v) is 4.70. The Labute approximate surface area is 153 Å². The molecule has 2 aromatic carbocycles. The van der Waals surface area contributed by atoms with Crippen molar-refractivity contribution in [2.75, 3.05) is 44.3 Å². The van der Waals surface area contributed by atoms with Crippen LogP contribution in [0.15, 0.2) is 54.6 Å². The van der Waals surface area contributed by atoms with E-state index in [0.717, 1.165) is 43.2 Å². The summed E-state index contributed by atoms with van der Waals surface area (Å²) in [7, 11) is 0. The average molecular weight is 350 g/mol. The Morgan fingerprint density at radius 3 is 2.38 bits per heavy atom. The van der Waals surface area contributed by atoms with Crippen molar-refractivity contribution in [1.82, 2.24) is 4.90 Å². The second-order valence-electron chi connectivity index (χ2n) is 6.38. The molecule has 0 aliphatic carbocycles. The fraction of sp³-hybridized carbons (Fsp3) is 0.286. The lowest BCUT2D eigenvalue weighted by atomic mass is 10.1. The molecule has 2 heterocycles. The molecule has 0 spiro atoms. The molecule has 1 fully saturated rings. The highest BCUT2D eigenvalue weighted by atomic mass is 16.6. The van der Waals surface area contributed by atoms with Crippen molar-refractivity contribution in [2.24, 2.45) is 0 Å². The monoisotopic (exact) mass is 350 g/mol. The first-order chi connectivity index (χ1) is 12.8. The molecule has 1 amide bonds. The van der Waals surface area contributed by atoms with Gasteiger partial charge in [-0.1, -0.05) is 24.3 Å². The number of benzene rings is 2. The van der Waals surface area contributed by atoms with Gasteiger partial charge in [-0.25, -0.2) is 0 Å². The topological polar surface area (TPSA) is 42.0 Å². The third kappa shape index (κ3) is 3.67. The molecular weight excluding hydrogens is 328 g/mol. The van der Waals surface area contributed by atoms with E-state index < -0.39 is 0 Å². The molecule has 5 heteroatoms. The fourth-order valence-electron chi connectivity index (χ4n) is 3.26. The molecule has 26 heavy (non-hydrogen) atoms. The normalized spacial score (nSPS) is 16.8. The number of carbonyl (C=O) groups is 1. The Morgan fingerprint density at radius 2 is 1.62 bits per heavy atom. The second kappa shape index (κ2) is 7.52. The predicted octanol–water partition coefficient (Wildman–Crippen LogP) is 2.82. The SMILES string of the molecule is O=C(/C=C/c1ccc2c(c1)OCCO2)N1CCN(c2ccccc2)CC1. The van der Waals surface area contributed by atoms with Crippen molar-refractivity contribution in [3.63, 3.8) is 0 Å². The Balaban J connectivity index is 1.35. The van der Waals surface area contributed by atoms with E-state index in [-0.39, 0.29) is 5.91 Å². The number of piperazine rings is 1.